The highest BCUT2D eigenvalue weighted by atomic mass is 16.5. The topological polar surface area (TPSA) is 62.6 Å². The van der Waals surface area contributed by atoms with E-state index in [9.17, 15) is 10.1 Å². The molecule has 5 heteroatoms. The maximum atomic E-state index is 13.5. The molecule has 4 rings (SSSR count). The number of nitriles is 1. The number of benzene rings is 3. The summed E-state index contributed by atoms with van der Waals surface area (Å²) in [5.41, 5.74) is 1.38. The summed E-state index contributed by atoms with van der Waals surface area (Å²) in [5.74, 6) is 6.99. The number of fused-ring (bicyclic) bond motifs is 1. The highest BCUT2D eigenvalue weighted by Gasteiger charge is 2.44. The fourth-order valence-electron chi connectivity index (χ4n) is 3.89. The second-order valence-corrected chi connectivity index (χ2v) is 7.47. The van der Waals surface area contributed by atoms with E-state index in [-0.39, 0.29) is 12.3 Å². The number of ether oxygens (including phenoxy) is 2. The molecule has 0 aliphatic carbocycles. The van der Waals surface area contributed by atoms with Crippen LogP contribution in [0.3, 0.4) is 0 Å². The summed E-state index contributed by atoms with van der Waals surface area (Å²) < 4.78 is 10.9. The molecule has 1 amide bonds. The van der Waals surface area contributed by atoms with Crippen LogP contribution in [0.4, 0.5) is 0 Å². The Morgan fingerprint density at radius 1 is 0.970 bits per heavy atom. The van der Waals surface area contributed by atoms with Gasteiger partial charge in [0.1, 0.15) is 0 Å². The summed E-state index contributed by atoms with van der Waals surface area (Å²) in [7, 11) is 3.10. The molecule has 5 nitrogen and oxygen atoms in total. The molecule has 1 atom stereocenters. The maximum absolute atomic E-state index is 13.5. The molecule has 1 heterocycles. The van der Waals surface area contributed by atoms with Crippen LogP contribution in [0.15, 0.2) is 79.0 Å². The van der Waals surface area contributed by atoms with Crippen molar-refractivity contribution in [2.24, 2.45) is 0 Å². The van der Waals surface area contributed by atoms with Gasteiger partial charge in [0.15, 0.2) is 17.0 Å². The number of amides is 1. The van der Waals surface area contributed by atoms with Gasteiger partial charge in [-0.2, -0.15) is 5.26 Å². The van der Waals surface area contributed by atoms with E-state index in [1.165, 1.54) is 4.90 Å². The molecule has 0 N–H and O–H groups in total. The molecule has 1 aliphatic rings. The third-order valence-corrected chi connectivity index (χ3v) is 5.59. The normalized spacial score (nSPS) is 16.1. The lowest BCUT2D eigenvalue weighted by molar-refractivity contribution is 0.0702. The molecule has 0 bridgehead atoms. The number of carbonyl (C=O) groups excluding carboxylic acids is 1. The average Bonchev–Trinajstić information content (AvgIpc) is 2.88. The van der Waals surface area contributed by atoms with Crippen LogP contribution < -0.4 is 9.47 Å². The van der Waals surface area contributed by atoms with Gasteiger partial charge in [-0.05, 0) is 48.0 Å². The second-order valence-electron chi connectivity index (χ2n) is 7.47. The van der Waals surface area contributed by atoms with Crippen molar-refractivity contribution in [3.8, 4) is 29.4 Å². The van der Waals surface area contributed by atoms with E-state index >= 15 is 0 Å². The minimum absolute atomic E-state index is 0.115. The van der Waals surface area contributed by atoms with Gasteiger partial charge in [-0.3, -0.25) is 9.69 Å². The lowest BCUT2D eigenvalue weighted by Gasteiger charge is -2.39. The van der Waals surface area contributed by atoms with Crippen LogP contribution in [0.2, 0.25) is 0 Å². The van der Waals surface area contributed by atoms with Crippen molar-refractivity contribution in [3.05, 3.63) is 101 Å². The lowest BCUT2D eigenvalue weighted by atomic mass is 9.80. The number of methoxy groups -OCH3 is 2. The fourth-order valence-corrected chi connectivity index (χ4v) is 3.89. The molecule has 3 aromatic carbocycles. The Morgan fingerprint density at radius 3 is 2.24 bits per heavy atom. The van der Waals surface area contributed by atoms with E-state index in [0.717, 1.165) is 11.1 Å². The standard InChI is InChI=1S/C28H22N2O3/c1-32-25-18-23-15-17-30(27(31)22-13-7-4-8-14-22)28(20-29,24(23)19-26(25)33-2)16-9-12-21-10-5-3-6-11-21/h3-8,10-11,13-15,17-19H,16H2,1-2H3. The minimum Gasteiger partial charge on any atom is -0.493 e. The first-order chi connectivity index (χ1) is 16.1. The second kappa shape index (κ2) is 9.34. The van der Waals surface area contributed by atoms with Crippen molar-refractivity contribution >= 4 is 12.0 Å². The van der Waals surface area contributed by atoms with Crippen molar-refractivity contribution in [1.29, 1.82) is 5.26 Å². The van der Waals surface area contributed by atoms with Crippen molar-refractivity contribution in [2.75, 3.05) is 14.2 Å². The van der Waals surface area contributed by atoms with Gasteiger partial charge in [0, 0.05) is 22.9 Å². The minimum atomic E-state index is -1.35. The SMILES string of the molecule is COc1cc2c(cc1OC)C(C#N)(CC#Cc1ccccc1)N(C(=O)c1ccccc1)C=C2. The van der Waals surface area contributed by atoms with Crippen LogP contribution in [-0.4, -0.2) is 25.0 Å². The predicted molar refractivity (Wildman–Crippen MR) is 126 cm³/mol. The van der Waals surface area contributed by atoms with Gasteiger partial charge >= 0.3 is 0 Å². The van der Waals surface area contributed by atoms with Gasteiger partial charge in [0.25, 0.3) is 5.91 Å². The van der Waals surface area contributed by atoms with E-state index in [2.05, 4.69) is 17.9 Å². The highest BCUT2D eigenvalue weighted by Crippen LogP contribution is 2.44. The zero-order valence-corrected chi connectivity index (χ0v) is 18.4. The summed E-state index contributed by atoms with van der Waals surface area (Å²) in [6.07, 6.45) is 3.57. The van der Waals surface area contributed by atoms with Gasteiger partial charge in [-0.15, -0.1) is 0 Å². The molecule has 0 spiro atoms. The molecule has 1 unspecified atom stereocenters. The Bertz CT molecular complexity index is 1300. The molecule has 1 aliphatic heterocycles. The molecule has 162 valence electrons. The first-order valence-electron chi connectivity index (χ1n) is 10.4. The van der Waals surface area contributed by atoms with Crippen molar-refractivity contribution < 1.29 is 14.3 Å². The number of hydrogen-bond donors (Lipinski definition) is 0. The lowest BCUT2D eigenvalue weighted by Crippen LogP contribution is -2.47. The van der Waals surface area contributed by atoms with Gasteiger partial charge in [0.05, 0.1) is 26.7 Å². The Hall–Kier alpha value is -4.48. The van der Waals surface area contributed by atoms with Gasteiger partial charge in [-0.25, -0.2) is 0 Å². The Labute approximate surface area is 193 Å². The third kappa shape index (κ3) is 4.05. The summed E-state index contributed by atoms with van der Waals surface area (Å²) in [4.78, 5) is 15.0. The van der Waals surface area contributed by atoms with E-state index in [1.807, 2.05) is 42.5 Å². The largest absolute Gasteiger partial charge is 0.493 e. The van der Waals surface area contributed by atoms with Gasteiger partial charge in [-0.1, -0.05) is 48.2 Å². The first kappa shape index (κ1) is 21.7. The van der Waals surface area contributed by atoms with Gasteiger partial charge < -0.3 is 9.47 Å². The zero-order valence-electron chi connectivity index (χ0n) is 18.4. The van der Waals surface area contributed by atoms with Gasteiger partial charge in [0.2, 0.25) is 0 Å². The van der Waals surface area contributed by atoms with Crippen LogP contribution in [-0.2, 0) is 5.54 Å². The quantitative estimate of drug-likeness (QED) is 0.543. The van der Waals surface area contributed by atoms with E-state index in [0.29, 0.717) is 22.6 Å². The summed E-state index contributed by atoms with van der Waals surface area (Å²) >= 11 is 0. The molecule has 3 aromatic rings. The Kier molecular flexibility index (Phi) is 6.15. The number of carbonyl (C=O) groups is 1. The van der Waals surface area contributed by atoms with E-state index in [1.54, 1.807) is 56.8 Å². The Balaban J connectivity index is 1.86. The number of rotatable bonds is 4. The molecule has 33 heavy (non-hydrogen) atoms. The molecule has 0 saturated heterocycles. The number of hydrogen-bond acceptors (Lipinski definition) is 4. The van der Waals surface area contributed by atoms with Crippen LogP contribution in [0, 0.1) is 23.2 Å². The van der Waals surface area contributed by atoms with Crippen LogP contribution >= 0.6 is 0 Å². The molecule has 0 aromatic heterocycles. The summed E-state index contributed by atoms with van der Waals surface area (Å²) in [6.45, 7) is 0. The van der Waals surface area contributed by atoms with Crippen molar-refractivity contribution in [2.45, 2.75) is 12.0 Å². The zero-order chi connectivity index (χ0) is 23.3. The first-order valence-corrected chi connectivity index (χ1v) is 10.4. The van der Waals surface area contributed by atoms with Crippen LogP contribution in [0.5, 0.6) is 11.5 Å². The average molecular weight is 434 g/mol. The van der Waals surface area contributed by atoms with E-state index in [4.69, 9.17) is 9.47 Å². The Morgan fingerprint density at radius 2 is 1.61 bits per heavy atom. The molecule has 0 saturated carbocycles. The van der Waals surface area contributed by atoms with E-state index < -0.39 is 5.54 Å². The maximum Gasteiger partial charge on any atom is 0.259 e. The monoisotopic (exact) mass is 434 g/mol. The summed E-state index contributed by atoms with van der Waals surface area (Å²) in [6, 6.07) is 24.4. The van der Waals surface area contributed by atoms with Crippen molar-refractivity contribution in [3.63, 3.8) is 0 Å². The molecular formula is C28H22N2O3. The highest BCUT2D eigenvalue weighted by molar-refractivity contribution is 5.97. The van der Waals surface area contributed by atoms with Crippen molar-refractivity contribution in [1.82, 2.24) is 4.90 Å². The summed E-state index contributed by atoms with van der Waals surface area (Å²) in [5, 5.41) is 10.5. The fraction of sp³-hybridized carbons (Fsp3) is 0.143. The third-order valence-electron chi connectivity index (χ3n) is 5.59. The smallest absolute Gasteiger partial charge is 0.259 e. The molecular weight excluding hydrogens is 412 g/mol. The predicted octanol–water partition coefficient (Wildman–Crippen LogP) is 4.99. The van der Waals surface area contributed by atoms with Crippen LogP contribution in [0.25, 0.3) is 6.08 Å². The molecule has 0 fully saturated rings. The molecule has 0 radical (unpaired) electrons. The number of nitrogens with zero attached hydrogens (tertiary/aromatic N) is 2. The van der Waals surface area contributed by atoms with Crippen LogP contribution in [0.1, 0.15) is 33.5 Å².